The van der Waals surface area contributed by atoms with Crippen LogP contribution in [0.5, 0.6) is 0 Å². The van der Waals surface area contributed by atoms with Crippen LogP contribution in [0.3, 0.4) is 0 Å². The van der Waals surface area contributed by atoms with E-state index >= 15 is 0 Å². The molecule has 0 bridgehead atoms. The number of aromatic nitrogens is 1. The minimum absolute atomic E-state index is 0.137. The smallest absolute Gasteiger partial charge is 0.432 e. The molecule has 2 rings (SSSR count). The molecule has 0 radical (unpaired) electrons. The van der Waals surface area contributed by atoms with Gasteiger partial charge in [0, 0.05) is 6.20 Å². The number of pyridine rings is 1. The van der Waals surface area contributed by atoms with Crippen LogP contribution in [0.25, 0.3) is 0 Å². The average molecular weight is 388 g/mol. The van der Waals surface area contributed by atoms with Crippen molar-refractivity contribution in [3.8, 4) is 0 Å². The van der Waals surface area contributed by atoms with E-state index in [0.29, 0.717) is 11.9 Å². The lowest BCUT2D eigenvalue weighted by molar-refractivity contribution is -0.145. The van der Waals surface area contributed by atoms with Gasteiger partial charge >= 0.3 is 12.1 Å². The summed E-state index contributed by atoms with van der Waals surface area (Å²) in [6.07, 6.45) is -2.33. The predicted octanol–water partition coefficient (Wildman–Crippen LogP) is 3.41. The van der Waals surface area contributed by atoms with Crippen molar-refractivity contribution in [2.75, 3.05) is 17.7 Å². The van der Waals surface area contributed by atoms with Crippen LogP contribution >= 0.6 is 11.8 Å². The van der Waals surface area contributed by atoms with Gasteiger partial charge in [0.15, 0.2) is 5.82 Å². The molecule has 1 aliphatic rings. The van der Waals surface area contributed by atoms with Crippen molar-refractivity contribution in [2.24, 2.45) is 10.4 Å². The zero-order valence-corrected chi connectivity index (χ0v) is 15.3. The summed E-state index contributed by atoms with van der Waals surface area (Å²) in [5, 5.41) is 9.45. The third-order valence-corrected chi connectivity index (χ3v) is 4.72. The van der Waals surface area contributed by atoms with E-state index in [1.54, 1.807) is 6.20 Å². The van der Waals surface area contributed by atoms with Crippen LogP contribution in [-0.4, -0.2) is 40.2 Å². The van der Waals surface area contributed by atoms with Gasteiger partial charge in [-0.05, 0) is 37.3 Å². The van der Waals surface area contributed by atoms with Crippen LogP contribution in [0.1, 0.15) is 19.4 Å². The molecular formula is C16H19F3N4O2S. The SMILES string of the molecule is CCSc1cc(C)cnc1NNC1=CC(C(F)(F)F)=NCC1(C)C(=O)O. The first-order chi connectivity index (χ1) is 12.1. The molecule has 1 unspecified atom stereocenters. The number of nitrogens with one attached hydrogen (secondary N) is 2. The van der Waals surface area contributed by atoms with Crippen molar-refractivity contribution in [3.63, 3.8) is 0 Å². The van der Waals surface area contributed by atoms with Gasteiger partial charge in [0.25, 0.3) is 0 Å². The van der Waals surface area contributed by atoms with E-state index in [4.69, 9.17) is 0 Å². The van der Waals surface area contributed by atoms with Crippen LogP contribution in [-0.2, 0) is 4.79 Å². The molecule has 0 amide bonds. The Morgan fingerprint density at radius 3 is 2.69 bits per heavy atom. The number of carboxylic acid groups (broad SMARTS) is 1. The Labute approximate surface area is 153 Å². The maximum atomic E-state index is 13.0. The molecule has 0 spiro atoms. The zero-order valence-electron chi connectivity index (χ0n) is 14.4. The molecule has 0 fully saturated rings. The summed E-state index contributed by atoms with van der Waals surface area (Å²) in [4.78, 5) is 20.0. The van der Waals surface area contributed by atoms with E-state index in [0.717, 1.165) is 16.2 Å². The lowest BCUT2D eigenvalue weighted by atomic mass is 9.84. The van der Waals surface area contributed by atoms with Crippen molar-refractivity contribution >= 4 is 29.3 Å². The number of nitrogens with zero attached hydrogens (tertiary/aromatic N) is 2. The molecule has 1 aromatic rings. The number of aliphatic carboxylic acids is 1. The Morgan fingerprint density at radius 2 is 2.12 bits per heavy atom. The van der Waals surface area contributed by atoms with Gasteiger partial charge in [0.2, 0.25) is 0 Å². The Bertz CT molecular complexity index is 764. The van der Waals surface area contributed by atoms with Gasteiger partial charge < -0.3 is 10.5 Å². The monoisotopic (exact) mass is 388 g/mol. The number of alkyl halides is 3. The van der Waals surface area contributed by atoms with E-state index in [1.165, 1.54) is 18.7 Å². The number of hydrogen-bond acceptors (Lipinski definition) is 6. The highest BCUT2D eigenvalue weighted by atomic mass is 32.2. The number of aliphatic imine (C=N–C) groups is 1. The largest absolute Gasteiger partial charge is 0.480 e. The molecule has 142 valence electrons. The quantitative estimate of drug-likeness (QED) is 0.511. The Balaban J connectivity index is 2.31. The number of aryl methyl sites for hydroxylation is 1. The Morgan fingerprint density at radius 1 is 1.42 bits per heavy atom. The number of carbonyl (C=O) groups is 1. The highest BCUT2D eigenvalue weighted by Crippen LogP contribution is 2.33. The first kappa shape index (κ1) is 20.1. The van der Waals surface area contributed by atoms with Gasteiger partial charge in [-0.3, -0.25) is 15.2 Å². The highest BCUT2D eigenvalue weighted by molar-refractivity contribution is 7.99. The molecule has 1 atom stereocenters. The van der Waals surface area contributed by atoms with Gasteiger partial charge in [-0.2, -0.15) is 13.2 Å². The Kier molecular flexibility index (Phi) is 5.84. The molecule has 1 aromatic heterocycles. The lowest BCUT2D eigenvalue weighted by Gasteiger charge is -2.31. The fourth-order valence-electron chi connectivity index (χ4n) is 2.23. The minimum Gasteiger partial charge on any atom is -0.480 e. The van der Waals surface area contributed by atoms with Gasteiger partial charge in [-0.15, -0.1) is 11.8 Å². The van der Waals surface area contributed by atoms with Crippen molar-refractivity contribution in [3.05, 3.63) is 29.6 Å². The summed E-state index contributed by atoms with van der Waals surface area (Å²) in [5.74, 6) is -0.0875. The summed E-state index contributed by atoms with van der Waals surface area (Å²) in [6.45, 7) is 4.63. The molecule has 1 aliphatic heterocycles. The fourth-order valence-corrected chi connectivity index (χ4v) is 3.05. The third-order valence-electron chi connectivity index (χ3n) is 3.81. The molecule has 26 heavy (non-hydrogen) atoms. The first-order valence-corrected chi connectivity index (χ1v) is 8.75. The second-order valence-electron chi connectivity index (χ2n) is 5.94. The van der Waals surface area contributed by atoms with Crippen LogP contribution in [0.2, 0.25) is 0 Å². The van der Waals surface area contributed by atoms with Crippen molar-refractivity contribution < 1.29 is 23.1 Å². The summed E-state index contributed by atoms with van der Waals surface area (Å²) >= 11 is 1.51. The molecule has 0 aliphatic carbocycles. The molecule has 0 saturated carbocycles. The van der Waals surface area contributed by atoms with Crippen LogP contribution in [0.15, 0.2) is 33.9 Å². The molecule has 2 heterocycles. The third kappa shape index (κ3) is 4.29. The van der Waals surface area contributed by atoms with E-state index in [9.17, 15) is 23.1 Å². The predicted molar refractivity (Wildman–Crippen MR) is 94.3 cm³/mol. The topological polar surface area (TPSA) is 86.6 Å². The van der Waals surface area contributed by atoms with Gasteiger partial charge in [0.1, 0.15) is 11.1 Å². The summed E-state index contributed by atoms with van der Waals surface area (Å²) in [7, 11) is 0. The number of carboxylic acids is 1. The second kappa shape index (κ2) is 7.56. The summed E-state index contributed by atoms with van der Waals surface area (Å²) < 4.78 is 38.9. The zero-order chi connectivity index (χ0) is 19.5. The van der Waals surface area contributed by atoms with Gasteiger partial charge in [-0.25, -0.2) is 4.98 Å². The maximum absolute atomic E-state index is 13.0. The van der Waals surface area contributed by atoms with E-state index in [-0.39, 0.29) is 5.70 Å². The van der Waals surface area contributed by atoms with Gasteiger partial charge in [-0.1, -0.05) is 6.92 Å². The average Bonchev–Trinajstić information content (AvgIpc) is 2.54. The number of halogens is 3. The molecule has 3 N–H and O–H groups in total. The number of thioether (sulfide) groups is 1. The number of allylic oxidation sites excluding steroid dienone is 1. The molecule has 10 heteroatoms. The van der Waals surface area contributed by atoms with Crippen LogP contribution in [0, 0.1) is 12.3 Å². The number of hydrazine groups is 1. The minimum atomic E-state index is -4.65. The van der Waals surface area contributed by atoms with E-state index in [1.807, 2.05) is 19.9 Å². The van der Waals surface area contributed by atoms with E-state index < -0.39 is 29.8 Å². The van der Waals surface area contributed by atoms with Crippen LogP contribution in [0.4, 0.5) is 19.0 Å². The highest BCUT2D eigenvalue weighted by Gasteiger charge is 2.45. The molecule has 0 saturated heterocycles. The van der Waals surface area contributed by atoms with Crippen molar-refractivity contribution in [2.45, 2.75) is 31.8 Å². The molecule has 6 nitrogen and oxygen atoms in total. The standard InChI is InChI=1S/C16H19F3N4O2S/c1-4-26-10-5-9(2)7-20-13(10)23-22-11-6-12(16(17,18)19)21-8-15(11,3)14(24)25/h5-7,22H,4,8H2,1-3H3,(H,20,23)(H,24,25). The number of rotatable bonds is 6. The van der Waals surface area contributed by atoms with Crippen molar-refractivity contribution in [1.29, 1.82) is 0 Å². The summed E-state index contributed by atoms with van der Waals surface area (Å²) in [6, 6.07) is 1.89. The number of anilines is 1. The first-order valence-electron chi connectivity index (χ1n) is 7.76. The maximum Gasteiger partial charge on any atom is 0.432 e. The van der Waals surface area contributed by atoms with Gasteiger partial charge in [0.05, 0.1) is 17.1 Å². The number of hydrogen-bond donors (Lipinski definition) is 3. The fraction of sp³-hybridized carbons (Fsp3) is 0.438. The van der Waals surface area contributed by atoms with E-state index in [2.05, 4.69) is 20.8 Å². The second-order valence-corrected chi connectivity index (χ2v) is 7.24. The van der Waals surface area contributed by atoms with Crippen molar-refractivity contribution in [1.82, 2.24) is 10.4 Å². The molecule has 0 aromatic carbocycles. The number of dihydropyridines is 1. The van der Waals surface area contributed by atoms with Crippen LogP contribution < -0.4 is 10.9 Å². The summed E-state index contributed by atoms with van der Waals surface area (Å²) in [5.41, 5.74) is 3.41. The molecular weight excluding hydrogens is 369 g/mol. The Hall–Kier alpha value is -2.23. The lowest BCUT2D eigenvalue weighted by Crippen LogP contribution is -2.44. The normalized spacial score (nSPS) is 20.2.